The topological polar surface area (TPSA) is 65.5 Å². The fourth-order valence-electron chi connectivity index (χ4n) is 3.15. The van der Waals surface area contributed by atoms with Crippen molar-refractivity contribution in [3.63, 3.8) is 0 Å². The van der Waals surface area contributed by atoms with Crippen molar-refractivity contribution in [2.24, 2.45) is 0 Å². The zero-order valence-corrected chi connectivity index (χ0v) is 16.0. The molecule has 2 aromatic rings. The first-order chi connectivity index (χ1) is 13.1. The van der Waals surface area contributed by atoms with Crippen LogP contribution in [0.3, 0.4) is 0 Å². The van der Waals surface area contributed by atoms with Gasteiger partial charge in [0.05, 0.1) is 12.1 Å². The Morgan fingerprint density at radius 2 is 1.89 bits per heavy atom. The van der Waals surface area contributed by atoms with Gasteiger partial charge in [0.15, 0.2) is 5.11 Å². The largest absolute Gasteiger partial charge is 0.356 e. The lowest BCUT2D eigenvalue weighted by Gasteiger charge is -2.23. The third kappa shape index (κ3) is 4.31. The number of hydrogen-bond acceptors (Lipinski definition) is 4. The maximum atomic E-state index is 13.1. The van der Waals surface area contributed by atoms with E-state index in [1.165, 1.54) is 4.90 Å². The van der Waals surface area contributed by atoms with Crippen LogP contribution in [0, 0.1) is 0 Å². The predicted octanol–water partition coefficient (Wildman–Crippen LogP) is 2.15. The molecule has 3 rings (SSSR count). The van der Waals surface area contributed by atoms with Crippen LogP contribution in [-0.2, 0) is 16.0 Å². The molecule has 1 fully saturated rings. The molecule has 1 saturated heterocycles. The molecule has 1 atom stereocenters. The van der Waals surface area contributed by atoms with E-state index in [1.807, 2.05) is 54.3 Å². The minimum absolute atomic E-state index is 0.0898. The molecule has 0 radical (unpaired) electrons. The van der Waals surface area contributed by atoms with Gasteiger partial charge in [-0.1, -0.05) is 18.2 Å². The fraction of sp³-hybridized carbons (Fsp3) is 0.300. The predicted molar refractivity (Wildman–Crippen MR) is 108 cm³/mol. The van der Waals surface area contributed by atoms with E-state index < -0.39 is 6.04 Å². The van der Waals surface area contributed by atoms with E-state index in [-0.39, 0.29) is 18.2 Å². The number of carbonyl (C=O) groups is 2. The van der Waals surface area contributed by atoms with Gasteiger partial charge in [-0.05, 0) is 55.4 Å². The quantitative estimate of drug-likeness (QED) is 0.744. The third-order valence-corrected chi connectivity index (χ3v) is 4.89. The lowest BCUT2D eigenvalue weighted by Crippen LogP contribution is -2.40. The maximum absolute atomic E-state index is 13.1. The second kappa shape index (κ2) is 8.73. The first-order valence-electron chi connectivity index (χ1n) is 8.97. The Balaban J connectivity index is 1.83. The zero-order chi connectivity index (χ0) is 19.2. The van der Waals surface area contributed by atoms with Crippen molar-refractivity contribution in [3.05, 3.63) is 60.4 Å². The summed E-state index contributed by atoms with van der Waals surface area (Å²) in [5, 5.41) is 3.21. The summed E-state index contributed by atoms with van der Waals surface area (Å²) in [5.74, 6) is -0.311. The molecule has 0 spiro atoms. The minimum Gasteiger partial charge on any atom is -0.356 e. The molecule has 1 aromatic carbocycles. The van der Waals surface area contributed by atoms with E-state index in [0.29, 0.717) is 24.6 Å². The average Bonchev–Trinajstić information content (AvgIpc) is 2.91. The van der Waals surface area contributed by atoms with Gasteiger partial charge in [0.25, 0.3) is 5.91 Å². The highest BCUT2D eigenvalue weighted by molar-refractivity contribution is 7.80. The summed E-state index contributed by atoms with van der Waals surface area (Å²) in [6.45, 7) is 2.95. The molecule has 2 amide bonds. The van der Waals surface area contributed by atoms with Gasteiger partial charge in [-0.2, -0.15) is 0 Å². The second-order valence-electron chi connectivity index (χ2n) is 6.26. The number of hydrogen-bond donors (Lipinski definition) is 1. The normalized spacial score (nSPS) is 16.7. The van der Waals surface area contributed by atoms with E-state index in [9.17, 15) is 9.59 Å². The molecule has 6 nitrogen and oxygen atoms in total. The Hall–Kier alpha value is -2.80. The van der Waals surface area contributed by atoms with Crippen LogP contribution in [0.25, 0.3) is 0 Å². The number of nitrogens with zero attached hydrogens (tertiary/aromatic N) is 3. The Labute approximate surface area is 164 Å². The molecule has 1 aliphatic rings. The van der Waals surface area contributed by atoms with E-state index in [4.69, 9.17) is 12.2 Å². The number of thiocarbonyl (C=S) groups is 1. The molecule has 1 aromatic heterocycles. The second-order valence-corrected chi connectivity index (χ2v) is 6.63. The molecule has 0 saturated carbocycles. The van der Waals surface area contributed by atoms with Crippen molar-refractivity contribution in [1.82, 2.24) is 15.2 Å². The van der Waals surface area contributed by atoms with Gasteiger partial charge in [0.1, 0.15) is 6.04 Å². The Kier molecular flexibility index (Phi) is 6.13. The number of pyridine rings is 1. The van der Waals surface area contributed by atoms with Gasteiger partial charge in [-0.15, -0.1) is 0 Å². The van der Waals surface area contributed by atoms with Crippen LogP contribution in [-0.4, -0.2) is 45.9 Å². The van der Waals surface area contributed by atoms with Crippen LogP contribution < -0.4 is 10.2 Å². The summed E-state index contributed by atoms with van der Waals surface area (Å²) in [5.41, 5.74) is 1.83. The van der Waals surface area contributed by atoms with E-state index >= 15 is 0 Å². The van der Waals surface area contributed by atoms with E-state index in [0.717, 1.165) is 11.3 Å². The molecule has 0 bridgehead atoms. The summed E-state index contributed by atoms with van der Waals surface area (Å²) >= 11 is 5.62. The lowest BCUT2D eigenvalue weighted by atomic mass is 10.1. The molecule has 0 aliphatic carbocycles. The lowest BCUT2D eigenvalue weighted by molar-refractivity contribution is -0.127. The van der Waals surface area contributed by atoms with E-state index in [2.05, 4.69) is 10.3 Å². The van der Waals surface area contributed by atoms with Crippen molar-refractivity contribution in [2.45, 2.75) is 25.8 Å². The van der Waals surface area contributed by atoms with Crippen molar-refractivity contribution in [1.29, 1.82) is 0 Å². The molecular formula is C20H22N4O2S. The molecule has 1 N–H and O–H groups in total. The summed E-state index contributed by atoms with van der Waals surface area (Å²) in [7, 11) is 0. The van der Waals surface area contributed by atoms with Crippen LogP contribution in [0.2, 0.25) is 0 Å². The Morgan fingerprint density at radius 3 is 2.56 bits per heavy atom. The van der Waals surface area contributed by atoms with Crippen LogP contribution >= 0.6 is 12.2 Å². The summed E-state index contributed by atoms with van der Waals surface area (Å²) in [6, 6.07) is 12.6. The monoisotopic (exact) mass is 382 g/mol. The van der Waals surface area contributed by atoms with Crippen LogP contribution in [0.5, 0.6) is 0 Å². The molecule has 1 aliphatic heterocycles. The first-order valence-corrected chi connectivity index (χ1v) is 9.38. The standard InChI is InChI=1S/C20H22N4O2S/c1-2-22-18(25)14-17-19(26)24(16-6-4-3-5-7-16)20(27)23(17)13-10-15-8-11-21-12-9-15/h3-9,11-12,17H,2,10,13-14H2,1H3,(H,22,25)/t17-/m1/s1. The minimum atomic E-state index is -0.592. The summed E-state index contributed by atoms with van der Waals surface area (Å²) in [4.78, 5) is 32.7. The Morgan fingerprint density at radius 1 is 1.19 bits per heavy atom. The van der Waals surface area contributed by atoms with Gasteiger partial charge in [0, 0.05) is 25.5 Å². The van der Waals surface area contributed by atoms with Crippen LogP contribution in [0.1, 0.15) is 18.9 Å². The number of aromatic nitrogens is 1. The van der Waals surface area contributed by atoms with Gasteiger partial charge < -0.3 is 10.2 Å². The smallest absolute Gasteiger partial charge is 0.256 e. The van der Waals surface area contributed by atoms with Gasteiger partial charge >= 0.3 is 0 Å². The van der Waals surface area contributed by atoms with E-state index in [1.54, 1.807) is 12.4 Å². The highest BCUT2D eigenvalue weighted by Crippen LogP contribution is 2.27. The number of anilines is 1. The van der Waals surface area contributed by atoms with Crippen LogP contribution in [0.4, 0.5) is 5.69 Å². The Bertz CT molecular complexity index is 813. The SMILES string of the molecule is CCNC(=O)C[C@@H]1C(=O)N(c2ccccc2)C(=S)N1CCc1ccncc1. The van der Waals surface area contributed by atoms with Crippen molar-refractivity contribution < 1.29 is 9.59 Å². The highest BCUT2D eigenvalue weighted by atomic mass is 32.1. The molecule has 7 heteroatoms. The number of carbonyl (C=O) groups excluding carboxylic acids is 2. The molecular weight excluding hydrogens is 360 g/mol. The number of para-hydroxylation sites is 1. The number of nitrogens with one attached hydrogen (secondary N) is 1. The van der Waals surface area contributed by atoms with Gasteiger partial charge in [-0.3, -0.25) is 19.5 Å². The highest BCUT2D eigenvalue weighted by Gasteiger charge is 2.43. The molecule has 0 unspecified atom stereocenters. The van der Waals surface area contributed by atoms with Crippen molar-refractivity contribution in [2.75, 3.05) is 18.0 Å². The molecule has 2 heterocycles. The average molecular weight is 382 g/mol. The van der Waals surface area contributed by atoms with Crippen molar-refractivity contribution >= 4 is 34.8 Å². The third-order valence-electron chi connectivity index (χ3n) is 4.48. The number of rotatable bonds is 7. The maximum Gasteiger partial charge on any atom is 0.256 e. The zero-order valence-electron chi connectivity index (χ0n) is 15.2. The summed E-state index contributed by atoms with van der Waals surface area (Å²) < 4.78 is 0. The first kappa shape index (κ1) is 19.0. The van der Waals surface area contributed by atoms with Gasteiger partial charge in [-0.25, -0.2) is 0 Å². The number of benzene rings is 1. The summed E-state index contributed by atoms with van der Waals surface area (Å²) in [6.07, 6.45) is 4.29. The van der Waals surface area contributed by atoms with Crippen molar-refractivity contribution in [3.8, 4) is 0 Å². The fourth-order valence-corrected chi connectivity index (χ4v) is 3.56. The molecule has 140 valence electrons. The molecule has 27 heavy (non-hydrogen) atoms. The van der Waals surface area contributed by atoms with Gasteiger partial charge in [0.2, 0.25) is 5.91 Å². The number of amides is 2. The van der Waals surface area contributed by atoms with Crippen LogP contribution in [0.15, 0.2) is 54.9 Å².